The minimum Gasteiger partial charge on any atom is -0.374 e. The highest BCUT2D eigenvalue weighted by Gasteiger charge is 2.22. The maximum atomic E-state index is 11.1. The summed E-state index contributed by atoms with van der Waals surface area (Å²) in [5, 5.41) is 1.02. The Labute approximate surface area is 125 Å². The molecule has 1 atom stereocenters. The molecule has 2 aromatic rings. The van der Waals surface area contributed by atoms with E-state index in [1.165, 1.54) is 0 Å². The third kappa shape index (κ3) is 2.87. The second-order valence-electron chi connectivity index (χ2n) is 5.95. The van der Waals surface area contributed by atoms with Crippen molar-refractivity contribution in [2.75, 3.05) is 19.7 Å². The van der Waals surface area contributed by atoms with Crippen LogP contribution in [0.1, 0.15) is 24.2 Å². The first-order valence-electron chi connectivity index (χ1n) is 7.57. The monoisotopic (exact) mass is 286 g/mol. The average Bonchev–Trinajstić information content (AvgIpc) is 2.90. The zero-order chi connectivity index (χ0) is 14.8. The first-order chi connectivity index (χ1) is 10.2. The number of aldehydes is 1. The van der Waals surface area contributed by atoms with Gasteiger partial charge in [-0.05, 0) is 26.0 Å². The molecule has 4 nitrogen and oxygen atoms in total. The van der Waals surface area contributed by atoms with E-state index < -0.39 is 0 Å². The minimum absolute atomic E-state index is 0.205. The lowest BCUT2D eigenvalue weighted by molar-refractivity contribution is -0.0451. The van der Waals surface area contributed by atoms with Crippen LogP contribution in [0.3, 0.4) is 0 Å². The number of carbonyl (C=O) groups is 1. The van der Waals surface area contributed by atoms with E-state index in [4.69, 9.17) is 4.74 Å². The van der Waals surface area contributed by atoms with Gasteiger partial charge < -0.3 is 9.30 Å². The van der Waals surface area contributed by atoms with E-state index in [2.05, 4.69) is 35.6 Å². The van der Waals surface area contributed by atoms with Crippen LogP contribution in [0.15, 0.2) is 30.5 Å². The second kappa shape index (κ2) is 6.00. The average molecular weight is 286 g/mol. The molecule has 1 unspecified atom stereocenters. The number of benzene rings is 1. The Kier molecular flexibility index (Phi) is 4.08. The fourth-order valence-electron chi connectivity index (χ4n) is 3.05. The van der Waals surface area contributed by atoms with E-state index in [9.17, 15) is 4.79 Å². The van der Waals surface area contributed by atoms with E-state index in [1.54, 1.807) is 0 Å². The second-order valence-corrected chi connectivity index (χ2v) is 5.95. The first kappa shape index (κ1) is 14.3. The van der Waals surface area contributed by atoms with E-state index in [1.807, 2.05) is 18.2 Å². The van der Waals surface area contributed by atoms with Gasteiger partial charge in [-0.15, -0.1) is 0 Å². The predicted octanol–water partition coefficient (Wildman–Crippen LogP) is 2.56. The van der Waals surface area contributed by atoms with E-state index in [0.717, 1.165) is 49.0 Å². The molecule has 0 amide bonds. The Hall–Kier alpha value is -1.65. The number of aromatic nitrogens is 1. The predicted molar refractivity (Wildman–Crippen MR) is 83.8 cm³/mol. The van der Waals surface area contributed by atoms with Crippen molar-refractivity contribution in [2.45, 2.75) is 32.5 Å². The molecule has 2 heterocycles. The van der Waals surface area contributed by atoms with Gasteiger partial charge in [0, 0.05) is 41.8 Å². The molecule has 0 radical (unpaired) electrons. The lowest BCUT2D eigenvalue weighted by Crippen LogP contribution is -2.47. The van der Waals surface area contributed by atoms with Crippen LogP contribution in [0.2, 0.25) is 0 Å². The molecule has 112 valence electrons. The summed E-state index contributed by atoms with van der Waals surface area (Å²) in [6.07, 6.45) is 3.18. The molecule has 0 N–H and O–H groups in total. The summed E-state index contributed by atoms with van der Waals surface area (Å²) in [6.45, 7) is 8.05. The summed E-state index contributed by atoms with van der Waals surface area (Å²) in [5.41, 5.74) is 1.85. The van der Waals surface area contributed by atoms with E-state index >= 15 is 0 Å². The molecular formula is C17H22N2O2. The maximum absolute atomic E-state index is 11.1. The molecule has 0 saturated carbocycles. The highest BCUT2D eigenvalue weighted by atomic mass is 16.5. The van der Waals surface area contributed by atoms with Gasteiger partial charge in [0.15, 0.2) is 6.29 Å². The minimum atomic E-state index is 0.205. The van der Waals surface area contributed by atoms with Gasteiger partial charge in [0.2, 0.25) is 0 Å². The third-order valence-corrected chi connectivity index (χ3v) is 4.28. The SMILES string of the molecule is CC(C)N1CCOC(Cn2ccc3c(C=O)cccc32)C1. The number of morpholine rings is 1. The molecule has 1 aromatic heterocycles. The molecule has 1 aliphatic heterocycles. The normalized spacial score (nSPS) is 20.2. The summed E-state index contributed by atoms with van der Waals surface area (Å²) in [7, 11) is 0. The van der Waals surface area contributed by atoms with Crippen molar-refractivity contribution in [3.8, 4) is 0 Å². The number of rotatable bonds is 4. The molecule has 0 aliphatic carbocycles. The van der Waals surface area contributed by atoms with Gasteiger partial charge in [-0.1, -0.05) is 12.1 Å². The molecule has 1 saturated heterocycles. The smallest absolute Gasteiger partial charge is 0.150 e. The summed E-state index contributed by atoms with van der Waals surface area (Å²) >= 11 is 0. The van der Waals surface area contributed by atoms with Crippen LogP contribution < -0.4 is 0 Å². The Morgan fingerprint density at radius 3 is 3.00 bits per heavy atom. The number of hydrogen-bond donors (Lipinski definition) is 0. The molecule has 1 aliphatic rings. The molecule has 21 heavy (non-hydrogen) atoms. The van der Waals surface area contributed by atoms with Crippen molar-refractivity contribution in [1.29, 1.82) is 0 Å². The first-order valence-corrected chi connectivity index (χ1v) is 7.57. The largest absolute Gasteiger partial charge is 0.374 e. The van der Waals surface area contributed by atoms with Gasteiger partial charge in [0.25, 0.3) is 0 Å². The van der Waals surface area contributed by atoms with Crippen LogP contribution in [0, 0.1) is 0 Å². The molecule has 1 aromatic carbocycles. The lowest BCUT2D eigenvalue weighted by Gasteiger charge is -2.35. The fourth-order valence-corrected chi connectivity index (χ4v) is 3.05. The van der Waals surface area contributed by atoms with Crippen molar-refractivity contribution >= 4 is 17.2 Å². The van der Waals surface area contributed by atoms with Crippen molar-refractivity contribution in [2.24, 2.45) is 0 Å². The Morgan fingerprint density at radius 2 is 2.24 bits per heavy atom. The van der Waals surface area contributed by atoms with Gasteiger partial charge in [-0.2, -0.15) is 0 Å². The Balaban J connectivity index is 1.80. The highest BCUT2D eigenvalue weighted by molar-refractivity contribution is 5.97. The zero-order valence-electron chi connectivity index (χ0n) is 12.7. The fraction of sp³-hybridized carbons (Fsp3) is 0.471. The van der Waals surface area contributed by atoms with Gasteiger partial charge >= 0.3 is 0 Å². The van der Waals surface area contributed by atoms with E-state index in [-0.39, 0.29) is 6.10 Å². The molecule has 0 spiro atoms. The van der Waals surface area contributed by atoms with Crippen molar-refractivity contribution in [3.05, 3.63) is 36.0 Å². The lowest BCUT2D eigenvalue weighted by atomic mass is 10.1. The van der Waals surface area contributed by atoms with Gasteiger partial charge in [0.1, 0.15) is 0 Å². The van der Waals surface area contributed by atoms with Crippen LogP contribution in [-0.4, -0.2) is 47.6 Å². The topological polar surface area (TPSA) is 34.5 Å². The van der Waals surface area contributed by atoms with Gasteiger partial charge in [-0.3, -0.25) is 9.69 Å². The molecule has 3 rings (SSSR count). The number of fused-ring (bicyclic) bond motifs is 1. The molecule has 4 heteroatoms. The Bertz CT molecular complexity index is 633. The highest BCUT2D eigenvalue weighted by Crippen LogP contribution is 2.20. The number of hydrogen-bond acceptors (Lipinski definition) is 3. The van der Waals surface area contributed by atoms with Crippen LogP contribution in [-0.2, 0) is 11.3 Å². The molecule has 0 bridgehead atoms. The summed E-state index contributed by atoms with van der Waals surface area (Å²) in [6, 6.07) is 8.43. The maximum Gasteiger partial charge on any atom is 0.150 e. The molecule has 1 fully saturated rings. The molecular weight excluding hydrogens is 264 g/mol. The van der Waals surface area contributed by atoms with Crippen molar-refractivity contribution in [1.82, 2.24) is 9.47 Å². The number of carbonyl (C=O) groups excluding carboxylic acids is 1. The summed E-state index contributed by atoms with van der Waals surface area (Å²) in [5.74, 6) is 0. The van der Waals surface area contributed by atoms with Crippen LogP contribution in [0.4, 0.5) is 0 Å². The number of nitrogens with zero attached hydrogens (tertiary/aromatic N) is 2. The summed E-state index contributed by atoms with van der Waals surface area (Å²) < 4.78 is 8.10. The zero-order valence-corrected chi connectivity index (χ0v) is 12.7. The quantitative estimate of drug-likeness (QED) is 0.810. The third-order valence-electron chi connectivity index (χ3n) is 4.28. The van der Waals surface area contributed by atoms with Crippen molar-refractivity contribution in [3.63, 3.8) is 0 Å². The number of ether oxygens (including phenoxy) is 1. The van der Waals surface area contributed by atoms with Crippen LogP contribution in [0.25, 0.3) is 10.9 Å². The van der Waals surface area contributed by atoms with Gasteiger partial charge in [0.05, 0.1) is 19.3 Å². The van der Waals surface area contributed by atoms with Crippen LogP contribution in [0.5, 0.6) is 0 Å². The van der Waals surface area contributed by atoms with Gasteiger partial charge in [-0.25, -0.2) is 0 Å². The Morgan fingerprint density at radius 1 is 1.38 bits per heavy atom. The van der Waals surface area contributed by atoms with E-state index in [0.29, 0.717) is 6.04 Å². The van der Waals surface area contributed by atoms with Crippen molar-refractivity contribution < 1.29 is 9.53 Å². The summed E-state index contributed by atoms with van der Waals surface area (Å²) in [4.78, 5) is 13.6. The van der Waals surface area contributed by atoms with Crippen LogP contribution >= 0.6 is 0 Å². The standard InChI is InChI=1S/C17H22N2O2/c1-13(2)18-8-9-21-15(10-18)11-19-7-6-16-14(12-20)4-3-5-17(16)19/h3-7,12-13,15H,8-11H2,1-2H3.